The Hall–Kier alpha value is -4.66. The molecule has 8 fully saturated rings. The van der Waals surface area contributed by atoms with Gasteiger partial charge in [-0.15, -0.1) is 0 Å². The molecule has 20 N–H and O–H groups in total. The summed E-state index contributed by atoms with van der Waals surface area (Å²) in [7, 11) is 0. The quantitative estimate of drug-likeness (QED) is 0.0148. The van der Waals surface area contributed by atoms with Gasteiger partial charge in [0.1, 0.15) is 99.0 Å². The molecule has 0 aromatic heterocycles. The maximum atomic E-state index is 13.4. The summed E-state index contributed by atoms with van der Waals surface area (Å²) in [6.45, 7) is -2.75. The first kappa shape index (κ1) is 75.1. The average molecular weight is 1360 g/mol. The van der Waals surface area contributed by atoms with E-state index >= 15 is 0 Å². The molecule has 0 aromatic carbocycles. The van der Waals surface area contributed by atoms with Gasteiger partial charge in [-0.05, 0) is 69.6 Å². The van der Waals surface area contributed by atoms with Gasteiger partial charge < -0.3 is 149 Å². The van der Waals surface area contributed by atoms with Crippen LogP contribution >= 0.6 is 0 Å². The van der Waals surface area contributed by atoms with Crippen molar-refractivity contribution in [3.63, 3.8) is 0 Å². The van der Waals surface area contributed by atoms with Crippen LogP contribution in [0.5, 0.6) is 0 Å². The number of hydrogen-bond acceptors (Lipinski definition) is 33. The lowest BCUT2D eigenvalue weighted by Crippen LogP contribution is -2.66. The van der Waals surface area contributed by atoms with Crippen molar-refractivity contribution >= 4 is 35.8 Å². The van der Waals surface area contributed by atoms with E-state index in [0.717, 1.165) is 12.2 Å². The molecule has 0 aromatic rings. The predicted octanol–water partition coefficient (Wildman–Crippen LogP) is -9.25. The molecule has 8 rings (SSSR count). The maximum Gasteiger partial charge on any atom is 0.348 e. The van der Waals surface area contributed by atoms with Gasteiger partial charge in [-0.1, -0.05) is 12.2 Å². The van der Waals surface area contributed by atoms with Crippen LogP contribution in [0.2, 0.25) is 0 Å². The highest BCUT2D eigenvalue weighted by atomic mass is 16.8. The molecule has 94 heavy (non-hydrogen) atoms. The Morgan fingerprint density at radius 1 is 0.489 bits per heavy atom. The molecule has 14 unspecified atom stereocenters. The number of hydrogen-bond donors (Lipinski definition) is 19. The van der Waals surface area contributed by atoms with Gasteiger partial charge in [-0.3, -0.25) is 9.59 Å². The molecule has 4 aliphatic heterocycles. The molecule has 36 heteroatoms. The molecular weight excluding hydrogens is 1270 g/mol. The zero-order chi connectivity index (χ0) is 68.7. The fourth-order valence-electron chi connectivity index (χ4n) is 13.3. The number of esters is 4. The molecule has 36 nitrogen and oxygen atoms in total. The smallest absolute Gasteiger partial charge is 0.348 e. The van der Waals surface area contributed by atoms with E-state index < -0.39 is 257 Å². The number of aliphatic hydroxyl groups is 19. The second-order valence-corrected chi connectivity index (χ2v) is 25.3. The first-order valence-corrected chi connectivity index (χ1v) is 31.1. The lowest BCUT2D eigenvalue weighted by Gasteiger charge is -2.50. The molecule has 4 saturated heterocycles. The molecule has 0 bridgehead atoms. The minimum atomic E-state index is -2.77. The Balaban J connectivity index is 1.03. The minimum absolute atomic E-state index is 0.0608. The van der Waals surface area contributed by atoms with E-state index in [0.29, 0.717) is 19.3 Å². The number of carboxylic acid groups (broad SMARTS) is 2. The van der Waals surface area contributed by atoms with E-state index in [1.54, 1.807) is 0 Å². The molecule has 4 aliphatic carbocycles. The third-order valence-corrected chi connectivity index (χ3v) is 18.7. The molecule has 4 heterocycles. The second kappa shape index (κ2) is 33.3. The Morgan fingerprint density at radius 2 is 1.03 bits per heavy atom. The highest BCUT2D eigenvalue weighted by Crippen LogP contribution is 2.44. The molecule has 0 spiro atoms. The predicted molar refractivity (Wildman–Crippen MR) is 298 cm³/mol. The number of aliphatic carboxylic acids is 2. The van der Waals surface area contributed by atoms with Crippen molar-refractivity contribution in [3.8, 4) is 0 Å². The summed E-state index contributed by atoms with van der Waals surface area (Å²) < 4.78 is 62.2. The average Bonchev–Trinajstić information content (AvgIpc) is 0.767. The number of aliphatic hydroxyl groups excluding tert-OH is 17. The van der Waals surface area contributed by atoms with Crippen molar-refractivity contribution in [2.24, 2.45) is 23.7 Å². The van der Waals surface area contributed by atoms with Crippen LogP contribution in [-0.4, -0.2) is 335 Å². The molecule has 8 aliphatic rings. The van der Waals surface area contributed by atoms with Gasteiger partial charge >= 0.3 is 35.8 Å². The largest absolute Gasteiger partial charge is 0.479 e. The third-order valence-electron chi connectivity index (χ3n) is 18.7. The molecule has 4 saturated carbocycles. The SMILES string of the molecule is O=C(C=CC1CCC(O)C(O)C1)OC[C@@H]1O[C@H](OC2CC(O)C3CC(O[C@H]4O[C@@H](COC(=O)CC(=O)O[C@H](C(=O)O)[C@@H](O)C(=O)O)[C@H](O)[C@@H](O)[C@@H]4O[C@H]4O[C@@H](CO)[C@H](O)[C@@H](O)[C@@H]4OC(=O)C=CC4CCC(O)C(O)C4)C(C4CC(O)C(O)C(O)C4)[OH+]C3C2)[C@@H](O)[C@H](O)[C@H]1O. The summed E-state index contributed by atoms with van der Waals surface area (Å²) in [5, 5.41) is 202. The van der Waals surface area contributed by atoms with Crippen LogP contribution in [0.1, 0.15) is 77.0 Å². The number of carbonyl (C=O) groups excluding carboxylic acids is 4. The molecule has 31 atom stereocenters. The second-order valence-electron chi connectivity index (χ2n) is 25.3. The summed E-state index contributed by atoms with van der Waals surface area (Å²) in [5.74, 6) is -12.0. The molecule has 0 amide bonds. The van der Waals surface area contributed by atoms with Gasteiger partial charge in [-0.2, -0.15) is 0 Å². The fourth-order valence-corrected chi connectivity index (χ4v) is 13.3. The standard InChI is InChI=1S/C58H86O36/c59-17-34-42(72)46(76)52(92-38(68)8-4-21-2-6-26(61)29(64)10-21)58(89-34)94-53-47(77)44(74)36(19-85-39(69)16-40(70)93-51(55(82)83)49(79)54(80)81)91-57(53)88-33-15-24-27(62)13-23(14-32(24)87-50(33)22-11-30(65)41(71)31(66)12-22)86-56-48(78)45(75)43(73)35(90-56)18-84-37(67)7-3-20-1-5-25(60)28(63)9-20/h3-4,7-8,20-36,41-53,56-66,71-79H,1-2,5-6,9-19H2,(H,80,81)(H,82,83)/p+1/t20?,21?,22?,23?,24?,25?,26?,27?,28?,29?,30?,31?,32?,33?,34-,35-,36-,41?,42-,43-,44-,45+,46+,47+,48-,49+,50?,51-,52-,53-,56-,57-,58+/m0/s1. The van der Waals surface area contributed by atoms with E-state index in [1.165, 1.54) is 12.2 Å². The van der Waals surface area contributed by atoms with E-state index in [9.17, 15) is 121 Å². The van der Waals surface area contributed by atoms with Crippen LogP contribution in [-0.2, 0) is 76.1 Å². The van der Waals surface area contributed by atoms with Crippen molar-refractivity contribution in [1.29, 1.82) is 0 Å². The lowest BCUT2D eigenvalue weighted by atomic mass is 9.72. The summed E-state index contributed by atoms with van der Waals surface area (Å²) in [4.78, 5) is 74.6. The highest BCUT2D eigenvalue weighted by molar-refractivity contribution is 5.93. The van der Waals surface area contributed by atoms with Gasteiger partial charge in [0.05, 0.1) is 61.4 Å². The van der Waals surface area contributed by atoms with Gasteiger partial charge in [0.25, 0.3) is 0 Å². The van der Waals surface area contributed by atoms with Crippen molar-refractivity contribution in [2.75, 3.05) is 19.8 Å². The Labute approximate surface area is 534 Å². The zero-order valence-corrected chi connectivity index (χ0v) is 50.4. The van der Waals surface area contributed by atoms with Gasteiger partial charge in [0, 0.05) is 30.9 Å². The minimum Gasteiger partial charge on any atom is -0.479 e. The third kappa shape index (κ3) is 18.6. The topological polar surface area (TPSA) is 592 Å². The Morgan fingerprint density at radius 3 is 1.62 bits per heavy atom. The monoisotopic (exact) mass is 1360 g/mol. The first-order chi connectivity index (χ1) is 44.4. The van der Waals surface area contributed by atoms with Crippen LogP contribution in [0.3, 0.4) is 0 Å². The van der Waals surface area contributed by atoms with E-state index in [1.807, 2.05) is 0 Å². The summed E-state index contributed by atoms with van der Waals surface area (Å²) in [5.41, 5.74) is 0. The van der Waals surface area contributed by atoms with Crippen LogP contribution in [0.25, 0.3) is 0 Å². The van der Waals surface area contributed by atoms with Crippen molar-refractivity contribution in [1.82, 2.24) is 0 Å². The number of allylic oxidation sites excluding steroid dienone is 2. The lowest BCUT2D eigenvalue weighted by molar-refractivity contribution is -0.388. The van der Waals surface area contributed by atoms with Crippen LogP contribution in [0.15, 0.2) is 24.3 Å². The summed E-state index contributed by atoms with van der Waals surface area (Å²) in [6, 6.07) is 0. The van der Waals surface area contributed by atoms with E-state index in [4.69, 9.17) is 52.5 Å². The number of rotatable bonds is 23. The van der Waals surface area contributed by atoms with E-state index in [-0.39, 0.29) is 57.3 Å². The summed E-state index contributed by atoms with van der Waals surface area (Å²) >= 11 is 0. The fraction of sp³-hybridized carbons (Fsp3) is 0.828. The molecule has 534 valence electrons. The molecular formula is C58H87O36+. The first-order valence-electron chi connectivity index (χ1n) is 31.1. The number of carbonyl (C=O) groups is 6. The highest BCUT2D eigenvalue weighted by Gasteiger charge is 2.59. The van der Waals surface area contributed by atoms with Crippen LogP contribution in [0.4, 0.5) is 0 Å². The van der Waals surface area contributed by atoms with E-state index in [2.05, 4.69) is 4.74 Å². The van der Waals surface area contributed by atoms with Gasteiger partial charge in [0.15, 0.2) is 43.3 Å². The van der Waals surface area contributed by atoms with Gasteiger partial charge in [0.2, 0.25) is 6.10 Å². The summed E-state index contributed by atoms with van der Waals surface area (Å²) in [6.07, 6.45) is -45.7. The molecule has 0 radical (unpaired) electrons. The van der Waals surface area contributed by atoms with Gasteiger partial charge in [-0.25, -0.2) is 19.2 Å². The number of ether oxygens (including phenoxy) is 11. The van der Waals surface area contributed by atoms with Crippen molar-refractivity contribution < 1.29 is 178 Å². The van der Waals surface area contributed by atoms with Crippen LogP contribution in [0, 0.1) is 23.7 Å². The zero-order valence-electron chi connectivity index (χ0n) is 50.4. The van der Waals surface area contributed by atoms with Crippen LogP contribution < -0.4 is 0 Å². The Kier molecular flexibility index (Phi) is 26.6. The maximum absolute atomic E-state index is 13.4. The number of fused-ring (bicyclic) bond motifs is 1. The normalized spacial score (nSPS) is 44.4. The van der Waals surface area contributed by atoms with Crippen molar-refractivity contribution in [2.45, 2.75) is 255 Å². The number of carboxylic acids is 2. The van der Waals surface area contributed by atoms with Crippen molar-refractivity contribution in [3.05, 3.63) is 24.3 Å². The Bertz CT molecular complexity index is 2580.